The molecule has 0 saturated heterocycles. The second-order valence-corrected chi connectivity index (χ2v) is 4.94. The number of hydrogen-bond donors (Lipinski definition) is 1. The highest BCUT2D eigenvalue weighted by Gasteiger charge is 2.32. The van der Waals surface area contributed by atoms with E-state index in [9.17, 15) is 9.90 Å². The van der Waals surface area contributed by atoms with Crippen LogP contribution in [0.1, 0.15) is 65.7 Å². The summed E-state index contributed by atoms with van der Waals surface area (Å²) in [6.07, 6.45) is 7.26. The Bertz CT molecular complexity index is 250. The van der Waals surface area contributed by atoms with Crippen LogP contribution < -0.4 is 0 Å². The van der Waals surface area contributed by atoms with Gasteiger partial charge in [-0.3, -0.25) is 0 Å². The fourth-order valence-electron chi connectivity index (χ4n) is 2.21. The molecule has 0 aliphatic heterocycles. The van der Waals surface area contributed by atoms with Crippen LogP contribution in [0.5, 0.6) is 0 Å². The van der Waals surface area contributed by atoms with Gasteiger partial charge >= 0.3 is 5.97 Å². The average molecular weight is 256 g/mol. The smallest absolute Gasteiger partial charge is 0.332 e. The van der Waals surface area contributed by atoms with E-state index >= 15 is 0 Å². The maximum atomic E-state index is 11.3. The average Bonchev–Trinajstić information content (AvgIpc) is 2.34. The number of hydrogen-bond acceptors (Lipinski definition) is 3. The van der Waals surface area contributed by atoms with Crippen molar-refractivity contribution in [1.82, 2.24) is 0 Å². The zero-order valence-electron chi connectivity index (χ0n) is 12.1. The molecule has 0 aliphatic carbocycles. The van der Waals surface area contributed by atoms with Gasteiger partial charge in [0.1, 0.15) is 0 Å². The van der Waals surface area contributed by atoms with Crippen molar-refractivity contribution in [2.75, 3.05) is 0 Å². The molecule has 3 heteroatoms. The number of esters is 1. The van der Waals surface area contributed by atoms with E-state index in [4.69, 9.17) is 4.74 Å². The van der Waals surface area contributed by atoms with Crippen molar-refractivity contribution in [3.8, 4) is 0 Å². The molecular weight excluding hydrogens is 228 g/mol. The Morgan fingerprint density at radius 2 is 2.06 bits per heavy atom. The lowest BCUT2D eigenvalue weighted by Crippen LogP contribution is -2.36. The summed E-state index contributed by atoms with van der Waals surface area (Å²) < 4.78 is 5.14. The summed E-state index contributed by atoms with van der Waals surface area (Å²) in [6.45, 7) is 9.61. The lowest BCUT2D eigenvalue weighted by molar-refractivity contribution is -0.214. The van der Waals surface area contributed by atoms with Gasteiger partial charge in [-0.25, -0.2) is 4.79 Å². The van der Waals surface area contributed by atoms with Crippen LogP contribution in [0.4, 0.5) is 0 Å². The third-order valence-electron chi connectivity index (χ3n) is 3.25. The summed E-state index contributed by atoms with van der Waals surface area (Å²) >= 11 is 0. The molecule has 0 saturated carbocycles. The molecule has 1 N–H and O–H groups in total. The Labute approximate surface area is 111 Å². The molecule has 0 rings (SSSR count). The number of carbonyl (C=O) groups is 1. The number of ether oxygens (including phenoxy) is 1. The highest BCUT2D eigenvalue weighted by molar-refractivity contribution is 5.81. The van der Waals surface area contributed by atoms with Crippen molar-refractivity contribution >= 4 is 5.97 Å². The molecule has 0 aromatic carbocycles. The van der Waals surface area contributed by atoms with Crippen molar-refractivity contribution < 1.29 is 14.6 Å². The maximum absolute atomic E-state index is 11.3. The monoisotopic (exact) mass is 256 g/mol. The predicted molar refractivity (Wildman–Crippen MR) is 74.1 cm³/mol. The van der Waals surface area contributed by atoms with Crippen LogP contribution >= 0.6 is 0 Å². The summed E-state index contributed by atoms with van der Waals surface area (Å²) in [6, 6.07) is 0. The molecule has 0 heterocycles. The minimum absolute atomic E-state index is 0.402. The molecule has 0 aromatic heterocycles. The van der Waals surface area contributed by atoms with Gasteiger partial charge in [0.2, 0.25) is 5.79 Å². The first-order valence-electron chi connectivity index (χ1n) is 7.09. The van der Waals surface area contributed by atoms with Crippen LogP contribution in [0, 0.1) is 5.92 Å². The SMILES string of the molecule is C=CC(=O)OC(O)(CCC)CC(CC)CCCC. The van der Waals surface area contributed by atoms with E-state index in [-0.39, 0.29) is 0 Å². The quantitative estimate of drug-likeness (QED) is 0.367. The van der Waals surface area contributed by atoms with Crippen LogP contribution in [0.25, 0.3) is 0 Å². The van der Waals surface area contributed by atoms with Gasteiger partial charge in [0.25, 0.3) is 0 Å². The molecular formula is C15H28O3. The van der Waals surface area contributed by atoms with Gasteiger partial charge in [0.05, 0.1) is 0 Å². The van der Waals surface area contributed by atoms with E-state index in [1.54, 1.807) is 0 Å². The second-order valence-electron chi connectivity index (χ2n) is 4.94. The largest absolute Gasteiger partial charge is 0.430 e. The molecule has 2 unspecified atom stereocenters. The van der Waals surface area contributed by atoms with Gasteiger partial charge in [-0.1, -0.05) is 53.0 Å². The van der Waals surface area contributed by atoms with Crippen LogP contribution in [-0.4, -0.2) is 16.9 Å². The molecule has 2 atom stereocenters. The number of carbonyl (C=O) groups excluding carboxylic acids is 1. The Kier molecular flexibility index (Phi) is 8.73. The minimum Gasteiger partial charge on any atom is -0.430 e. The Balaban J connectivity index is 4.54. The summed E-state index contributed by atoms with van der Waals surface area (Å²) in [5.41, 5.74) is 0. The third-order valence-corrected chi connectivity index (χ3v) is 3.25. The molecule has 0 amide bonds. The first kappa shape index (κ1) is 17.2. The lowest BCUT2D eigenvalue weighted by atomic mass is 9.89. The standard InChI is InChI=1S/C15H28O3/c1-5-9-10-13(7-3)12-15(17,11-6-2)18-14(16)8-4/h8,13,17H,4-7,9-12H2,1-3H3. The second kappa shape index (κ2) is 9.15. The summed E-state index contributed by atoms with van der Waals surface area (Å²) in [4.78, 5) is 11.3. The molecule has 0 fully saturated rings. The highest BCUT2D eigenvalue weighted by atomic mass is 16.7. The Hall–Kier alpha value is -0.830. The number of rotatable bonds is 10. The maximum Gasteiger partial charge on any atom is 0.332 e. The molecule has 18 heavy (non-hydrogen) atoms. The molecule has 3 nitrogen and oxygen atoms in total. The van der Waals surface area contributed by atoms with Gasteiger partial charge in [-0.05, 0) is 12.3 Å². The van der Waals surface area contributed by atoms with E-state index in [2.05, 4.69) is 20.4 Å². The zero-order valence-corrected chi connectivity index (χ0v) is 12.1. The summed E-state index contributed by atoms with van der Waals surface area (Å²) in [7, 11) is 0. The van der Waals surface area contributed by atoms with Gasteiger partial charge in [0.15, 0.2) is 0 Å². The van der Waals surface area contributed by atoms with E-state index in [1.165, 1.54) is 0 Å². The van der Waals surface area contributed by atoms with E-state index < -0.39 is 11.8 Å². The third kappa shape index (κ3) is 6.80. The normalized spacial score (nSPS) is 15.8. The van der Waals surface area contributed by atoms with E-state index in [0.29, 0.717) is 18.8 Å². The fourth-order valence-corrected chi connectivity index (χ4v) is 2.21. The minimum atomic E-state index is -1.32. The fraction of sp³-hybridized carbons (Fsp3) is 0.800. The molecule has 0 aromatic rings. The molecule has 0 aliphatic rings. The van der Waals surface area contributed by atoms with Gasteiger partial charge in [0, 0.05) is 18.9 Å². The number of aliphatic hydroxyl groups is 1. The summed E-state index contributed by atoms with van der Waals surface area (Å²) in [5, 5.41) is 10.4. The zero-order chi connectivity index (χ0) is 14.0. The Morgan fingerprint density at radius 1 is 1.39 bits per heavy atom. The molecule has 0 bridgehead atoms. The van der Waals surface area contributed by atoms with Crippen LogP contribution in [0.3, 0.4) is 0 Å². The lowest BCUT2D eigenvalue weighted by Gasteiger charge is -2.30. The van der Waals surface area contributed by atoms with Gasteiger partial charge in [-0.15, -0.1) is 0 Å². The van der Waals surface area contributed by atoms with Crippen molar-refractivity contribution in [3.05, 3.63) is 12.7 Å². The predicted octanol–water partition coefficient (Wildman–Crippen LogP) is 3.81. The highest BCUT2D eigenvalue weighted by Crippen LogP contribution is 2.29. The van der Waals surface area contributed by atoms with Gasteiger partial charge in [-0.2, -0.15) is 0 Å². The molecule has 106 valence electrons. The van der Waals surface area contributed by atoms with Crippen molar-refractivity contribution in [2.45, 2.75) is 71.5 Å². The van der Waals surface area contributed by atoms with Crippen LogP contribution in [0.2, 0.25) is 0 Å². The molecule has 0 radical (unpaired) electrons. The van der Waals surface area contributed by atoms with Crippen molar-refractivity contribution in [2.24, 2.45) is 5.92 Å². The molecule has 0 spiro atoms. The first-order valence-corrected chi connectivity index (χ1v) is 7.09. The van der Waals surface area contributed by atoms with Crippen molar-refractivity contribution in [1.29, 1.82) is 0 Å². The van der Waals surface area contributed by atoms with Crippen LogP contribution in [-0.2, 0) is 9.53 Å². The summed E-state index contributed by atoms with van der Waals surface area (Å²) in [5.74, 6) is -1.47. The first-order chi connectivity index (χ1) is 8.51. The van der Waals surface area contributed by atoms with Crippen LogP contribution in [0.15, 0.2) is 12.7 Å². The topological polar surface area (TPSA) is 46.5 Å². The Morgan fingerprint density at radius 3 is 2.50 bits per heavy atom. The van der Waals surface area contributed by atoms with Crippen molar-refractivity contribution in [3.63, 3.8) is 0 Å². The number of unbranched alkanes of at least 4 members (excludes halogenated alkanes) is 1. The van der Waals surface area contributed by atoms with E-state index in [1.807, 2.05) is 6.92 Å². The van der Waals surface area contributed by atoms with Gasteiger partial charge < -0.3 is 9.84 Å². The van der Waals surface area contributed by atoms with E-state index in [0.717, 1.165) is 38.2 Å².